The number of ketones is 1. The van der Waals surface area contributed by atoms with E-state index in [1.54, 1.807) is 6.07 Å². The van der Waals surface area contributed by atoms with Crippen molar-refractivity contribution < 1.29 is 59.9 Å². The third-order valence-corrected chi connectivity index (χ3v) is 5.69. The van der Waals surface area contributed by atoms with Crippen molar-refractivity contribution in [2.75, 3.05) is 13.2 Å². The van der Waals surface area contributed by atoms with Gasteiger partial charge in [-0.05, 0) is 12.1 Å². The van der Waals surface area contributed by atoms with Crippen LogP contribution in [-0.2, 0) is 14.2 Å². The highest BCUT2D eigenvalue weighted by molar-refractivity contribution is 5.98. The average Bonchev–Trinajstić information content (AvgIpc) is 2.78. The van der Waals surface area contributed by atoms with Crippen LogP contribution in [0, 0.1) is 0 Å². The number of para-hydroxylation sites is 1. The third kappa shape index (κ3) is 4.94. The zero-order valence-corrected chi connectivity index (χ0v) is 16.9. The van der Waals surface area contributed by atoms with Gasteiger partial charge in [0.05, 0.1) is 24.9 Å². The van der Waals surface area contributed by atoms with Crippen molar-refractivity contribution in [1.29, 1.82) is 0 Å². The smallest absolute Gasteiger partial charge is 0.187 e. The Morgan fingerprint density at radius 2 is 1.44 bits per heavy atom. The van der Waals surface area contributed by atoms with Crippen LogP contribution in [0.3, 0.4) is 0 Å². The Balaban J connectivity index is 1.71. The number of hydrogen-bond donors (Lipinski definition) is 8. The van der Waals surface area contributed by atoms with Crippen molar-refractivity contribution >= 4 is 5.78 Å². The zero-order valence-electron chi connectivity index (χ0n) is 16.9. The van der Waals surface area contributed by atoms with Crippen LogP contribution in [0.4, 0.5) is 0 Å². The highest BCUT2D eigenvalue weighted by Crippen LogP contribution is 2.31. The number of hydrogen-bond acceptors (Lipinski definition) is 12. The summed E-state index contributed by atoms with van der Waals surface area (Å²) in [7, 11) is 0. The number of rotatable bonds is 7. The van der Waals surface area contributed by atoms with Crippen molar-refractivity contribution in [3.63, 3.8) is 0 Å². The molecular weight excluding hydrogens is 432 g/mol. The summed E-state index contributed by atoms with van der Waals surface area (Å²) in [5.41, 5.74) is -0.00182. The molecule has 32 heavy (non-hydrogen) atoms. The van der Waals surface area contributed by atoms with Crippen molar-refractivity contribution in [3.8, 4) is 5.75 Å². The molecule has 12 heteroatoms. The number of phenols is 1. The fraction of sp³-hybridized carbons (Fsp3) is 0.650. The second kappa shape index (κ2) is 10.5. The second-order valence-electron chi connectivity index (χ2n) is 7.82. The van der Waals surface area contributed by atoms with Crippen LogP contribution in [0.1, 0.15) is 16.8 Å². The van der Waals surface area contributed by atoms with Gasteiger partial charge in [-0.1, -0.05) is 12.1 Å². The largest absolute Gasteiger partial charge is 0.507 e. The predicted molar refractivity (Wildman–Crippen MR) is 103 cm³/mol. The number of carbonyl (C=O) groups excluding carboxylic acids is 1. The summed E-state index contributed by atoms with van der Waals surface area (Å²) in [5.74, 6) is -0.824. The second-order valence-corrected chi connectivity index (χ2v) is 7.82. The Morgan fingerprint density at radius 1 is 0.812 bits per heavy atom. The first-order valence-electron chi connectivity index (χ1n) is 10.1. The number of aromatic hydroxyl groups is 1. The highest BCUT2D eigenvalue weighted by Gasteiger charge is 2.50. The van der Waals surface area contributed by atoms with Gasteiger partial charge in [0.25, 0.3) is 0 Å². The van der Waals surface area contributed by atoms with Gasteiger partial charge in [-0.2, -0.15) is 0 Å². The van der Waals surface area contributed by atoms with E-state index in [1.807, 2.05) is 0 Å². The van der Waals surface area contributed by atoms with Crippen molar-refractivity contribution in [2.24, 2.45) is 0 Å². The van der Waals surface area contributed by atoms with Gasteiger partial charge in [0.2, 0.25) is 0 Å². The van der Waals surface area contributed by atoms with Crippen LogP contribution >= 0.6 is 0 Å². The molecule has 2 aliphatic heterocycles. The van der Waals surface area contributed by atoms with Crippen LogP contribution in [0.5, 0.6) is 5.75 Å². The van der Waals surface area contributed by atoms with E-state index in [4.69, 9.17) is 14.2 Å². The molecule has 2 saturated heterocycles. The van der Waals surface area contributed by atoms with E-state index < -0.39 is 86.6 Å². The van der Waals surface area contributed by atoms with E-state index in [-0.39, 0.29) is 11.3 Å². The van der Waals surface area contributed by atoms with Crippen molar-refractivity contribution in [1.82, 2.24) is 0 Å². The molecule has 2 fully saturated rings. The molecule has 0 saturated carbocycles. The normalized spacial score (nSPS) is 40.2. The molecule has 0 radical (unpaired) electrons. The molecule has 1 aromatic rings. The standard InChI is InChI=1S/C20H28O12/c21-6-12-15(26)16(27)18(29)20(31-12)32-19-13(7-22)30-11(14(25)17(19)28)5-10(24)8-3-1-2-4-9(8)23/h1-4,11-23,25-29H,5-7H2/t11-,12-,13-,14+,15-,16+,17-,18-,19-,20+/m1/s1. The highest BCUT2D eigenvalue weighted by atomic mass is 16.7. The van der Waals surface area contributed by atoms with Crippen molar-refractivity contribution in [3.05, 3.63) is 29.8 Å². The SMILES string of the molecule is O=C(C[C@H]1O[C@H](CO)[C@@H](O[C@@H]2O[C@H](CO)[C@@H](O)[C@H](O)[C@H]2O)[C@H](O)[C@H]1O)c1ccccc1O. The van der Waals surface area contributed by atoms with E-state index in [0.29, 0.717) is 0 Å². The lowest BCUT2D eigenvalue weighted by atomic mass is 9.91. The van der Waals surface area contributed by atoms with Gasteiger partial charge in [-0.15, -0.1) is 0 Å². The molecule has 2 aliphatic rings. The summed E-state index contributed by atoms with van der Waals surface area (Å²) in [6.45, 7) is -1.40. The van der Waals surface area contributed by atoms with E-state index >= 15 is 0 Å². The number of phenolic OH excluding ortho intramolecular Hbond substituents is 1. The van der Waals surface area contributed by atoms with Gasteiger partial charge in [0.15, 0.2) is 12.1 Å². The molecular formula is C20H28O12. The Bertz CT molecular complexity index is 771. The predicted octanol–water partition coefficient (Wildman–Crippen LogP) is -3.37. The molecule has 12 nitrogen and oxygen atoms in total. The molecule has 1 aromatic carbocycles. The summed E-state index contributed by atoms with van der Waals surface area (Å²) < 4.78 is 16.2. The molecule has 180 valence electrons. The summed E-state index contributed by atoms with van der Waals surface area (Å²) in [4.78, 5) is 12.5. The van der Waals surface area contributed by atoms with Gasteiger partial charge in [-0.3, -0.25) is 4.79 Å². The third-order valence-electron chi connectivity index (χ3n) is 5.69. The maximum Gasteiger partial charge on any atom is 0.187 e. The summed E-state index contributed by atoms with van der Waals surface area (Å²) >= 11 is 0. The average molecular weight is 460 g/mol. The van der Waals surface area contributed by atoms with Gasteiger partial charge >= 0.3 is 0 Å². The summed E-state index contributed by atoms with van der Waals surface area (Å²) in [6, 6.07) is 5.78. The first-order valence-corrected chi connectivity index (χ1v) is 10.1. The number of carbonyl (C=O) groups is 1. The van der Waals surface area contributed by atoms with Crippen LogP contribution < -0.4 is 0 Å². The Morgan fingerprint density at radius 3 is 2.06 bits per heavy atom. The quantitative estimate of drug-likeness (QED) is 0.188. The molecule has 0 amide bonds. The number of aliphatic hydroxyl groups excluding tert-OH is 7. The maximum absolute atomic E-state index is 12.5. The van der Waals surface area contributed by atoms with E-state index in [1.165, 1.54) is 18.2 Å². The lowest BCUT2D eigenvalue weighted by molar-refractivity contribution is -0.341. The Hall–Kier alpha value is -1.71. The molecule has 0 spiro atoms. The minimum atomic E-state index is -1.77. The molecule has 8 N–H and O–H groups in total. The number of aliphatic hydroxyl groups is 7. The van der Waals surface area contributed by atoms with E-state index in [9.17, 15) is 45.6 Å². The number of ether oxygens (including phenoxy) is 3. The minimum absolute atomic E-state index is 0.00182. The summed E-state index contributed by atoms with van der Waals surface area (Å²) in [6.07, 6.45) is -15.7. The molecule has 0 unspecified atom stereocenters. The zero-order chi connectivity index (χ0) is 23.6. The van der Waals surface area contributed by atoms with E-state index in [2.05, 4.69) is 0 Å². The first-order chi connectivity index (χ1) is 15.2. The van der Waals surface area contributed by atoms with Crippen LogP contribution in [0.15, 0.2) is 24.3 Å². The Labute approximate surface area is 182 Å². The fourth-order valence-electron chi connectivity index (χ4n) is 3.84. The number of benzene rings is 1. The fourth-order valence-corrected chi connectivity index (χ4v) is 3.84. The topological polar surface area (TPSA) is 207 Å². The summed E-state index contributed by atoms with van der Waals surface area (Å²) in [5, 5.41) is 79.8. The molecule has 2 heterocycles. The molecule has 3 rings (SSSR count). The maximum atomic E-state index is 12.5. The monoisotopic (exact) mass is 460 g/mol. The molecule has 0 aliphatic carbocycles. The van der Waals surface area contributed by atoms with Crippen LogP contribution in [0.25, 0.3) is 0 Å². The van der Waals surface area contributed by atoms with Gasteiger partial charge in [0.1, 0.15) is 54.6 Å². The first kappa shape index (κ1) is 24.9. The molecule has 0 aromatic heterocycles. The van der Waals surface area contributed by atoms with Gasteiger partial charge in [-0.25, -0.2) is 0 Å². The Kier molecular flexibility index (Phi) is 8.16. The van der Waals surface area contributed by atoms with Crippen LogP contribution in [0.2, 0.25) is 0 Å². The van der Waals surface area contributed by atoms with Gasteiger partial charge in [0, 0.05) is 6.42 Å². The van der Waals surface area contributed by atoms with Crippen LogP contribution in [-0.4, -0.2) is 121 Å². The molecule has 10 atom stereocenters. The number of Topliss-reactive ketones (excluding diaryl/α,β-unsaturated/α-hetero) is 1. The lowest BCUT2D eigenvalue weighted by Crippen LogP contribution is -2.64. The minimum Gasteiger partial charge on any atom is -0.507 e. The van der Waals surface area contributed by atoms with Crippen molar-refractivity contribution in [2.45, 2.75) is 67.6 Å². The molecule has 0 bridgehead atoms. The lowest BCUT2D eigenvalue weighted by Gasteiger charge is -2.46. The van der Waals surface area contributed by atoms with Gasteiger partial charge < -0.3 is 55.1 Å². The van der Waals surface area contributed by atoms with E-state index in [0.717, 1.165) is 0 Å².